The molecule has 1 saturated heterocycles. The van der Waals surface area contributed by atoms with E-state index in [1.54, 1.807) is 22.1 Å². The molecule has 1 aliphatic rings. The van der Waals surface area contributed by atoms with Gasteiger partial charge in [-0.2, -0.15) is 0 Å². The molecule has 7 nitrogen and oxygen atoms in total. The van der Waals surface area contributed by atoms with Gasteiger partial charge in [-0.15, -0.1) is 0 Å². The highest BCUT2D eigenvalue weighted by Gasteiger charge is 2.31. The summed E-state index contributed by atoms with van der Waals surface area (Å²) in [7, 11) is 0. The zero-order valence-corrected chi connectivity index (χ0v) is 22.8. The SMILES string of the molecule is CCN(C(=O)c1cc(F)ccc1-c1cc(C2CCN(C(=O)OC(C)(C)C)C2)cc2cnc(C)n12)C(C)C. The first-order valence-electron chi connectivity index (χ1n) is 13.0. The fourth-order valence-electron chi connectivity index (χ4n) is 5.09. The Morgan fingerprint density at radius 2 is 1.95 bits per heavy atom. The molecular formula is C29H37FN4O3. The molecule has 0 bridgehead atoms. The van der Waals surface area contributed by atoms with Crippen LogP contribution in [0.3, 0.4) is 0 Å². The number of carbonyl (C=O) groups excluding carboxylic acids is 2. The Kier molecular flexibility index (Phi) is 7.31. The summed E-state index contributed by atoms with van der Waals surface area (Å²) in [6.45, 7) is 15.0. The van der Waals surface area contributed by atoms with Crippen LogP contribution in [-0.2, 0) is 4.74 Å². The number of ether oxygens (including phenoxy) is 1. The average Bonchev–Trinajstić information content (AvgIpc) is 3.45. The smallest absolute Gasteiger partial charge is 0.410 e. The first kappa shape index (κ1) is 26.6. The molecule has 37 heavy (non-hydrogen) atoms. The summed E-state index contributed by atoms with van der Waals surface area (Å²) in [4.78, 5) is 34.2. The minimum Gasteiger partial charge on any atom is -0.444 e. The standard InChI is InChI=1S/C29H37FN4O3/c1-8-33(18(2)3)27(35)25-15-22(30)9-10-24(25)26-14-21(13-23-16-31-19(4)34(23)26)20-11-12-32(17-20)28(36)37-29(5,6)7/h9-10,13-16,18,20H,8,11-12,17H2,1-7H3. The number of amides is 2. The molecular weight excluding hydrogens is 471 g/mol. The van der Waals surface area contributed by atoms with Gasteiger partial charge < -0.3 is 14.5 Å². The van der Waals surface area contributed by atoms with Crippen molar-refractivity contribution in [3.05, 3.63) is 59.3 Å². The Morgan fingerprint density at radius 3 is 2.59 bits per heavy atom. The number of aromatic nitrogens is 2. The predicted octanol–water partition coefficient (Wildman–Crippen LogP) is 6.04. The molecule has 1 unspecified atom stereocenters. The van der Waals surface area contributed by atoms with Crippen molar-refractivity contribution in [2.75, 3.05) is 19.6 Å². The Bertz CT molecular complexity index is 1320. The summed E-state index contributed by atoms with van der Waals surface area (Å²) in [6, 6.07) is 8.52. The minimum absolute atomic E-state index is 0.0210. The first-order chi connectivity index (χ1) is 17.4. The van der Waals surface area contributed by atoms with Crippen molar-refractivity contribution >= 4 is 17.5 Å². The van der Waals surface area contributed by atoms with Gasteiger partial charge in [-0.25, -0.2) is 14.2 Å². The van der Waals surface area contributed by atoms with Crippen LogP contribution in [0.15, 0.2) is 36.5 Å². The van der Waals surface area contributed by atoms with Crippen LogP contribution in [0.25, 0.3) is 16.8 Å². The Hall–Kier alpha value is -3.42. The molecule has 0 radical (unpaired) electrons. The molecule has 3 aromatic rings. The van der Waals surface area contributed by atoms with E-state index >= 15 is 0 Å². The van der Waals surface area contributed by atoms with Gasteiger partial charge in [-0.3, -0.25) is 9.20 Å². The fraction of sp³-hybridized carbons (Fsp3) is 0.483. The molecule has 2 aromatic heterocycles. The summed E-state index contributed by atoms with van der Waals surface area (Å²) in [5, 5.41) is 0. The zero-order valence-electron chi connectivity index (χ0n) is 22.8. The number of imidazole rings is 1. The maximum atomic E-state index is 14.4. The van der Waals surface area contributed by atoms with Gasteiger partial charge in [0.15, 0.2) is 0 Å². The maximum absolute atomic E-state index is 14.4. The molecule has 2 amide bonds. The second kappa shape index (κ2) is 10.1. The number of fused-ring (bicyclic) bond motifs is 1. The molecule has 0 saturated carbocycles. The molecule has 0 aliphatic carbocycles. The molecule has 8 heteroatoms. The van der Waals surface area contributed by atoms with E-state index in [2.05, 4.69) is 17.1 Å². The number of aryl methyl sites for hydroxylation is 1. The summed E-state index contributed by atoms with van der Waals surface area (Å²) < 4.78 is 22.0. The van der Waals surface area contributed by atoms with Crippen LogP contribution >= 0.6 is 0 Å². The van der Waals surface area contributed by atoms with Crippen LogP contribution in [0.1, 0.15) is 75.6 Å². The second-order valence-corrected chi connectivity index (χ2v) is 11.0. The molecule has 4 rings (SSSR count). The molecule has 1 fully saturated rings. The number of halogens is 1. The molecule has 3 heterocycles. The largest absolute Gasteiger partial charge is 0.444 e. The van der Waals surface area contributed by atoms with Gasteiger partial charge in [0.05, 0.1) is 23.0 Å². The van der Waals surface area contributed by atoms with Crippen molar-refractivity contribution in [3.8, 4) is 11.3 Å². The Balaban J connectivity index is 1.78. The van der Waals surface area contributed by atoms with Crippen LogP contribution in [0, 0.1) is 12.7 Å². The molecule has 1 atom stereocenters. The van der Waals surface area contributed by atoms with Gasteiger partial charge in [0, 0.05) is 37.2 Å². The normalized spacial score (nSPS) is 16.0. The van der Waals surface area contributed by atoms with Gasteiger partial charge >= 0.3 is 6.09 Å². The number of pyridine rings is 1. The van der Waals surface area contributed by atoms with E-state index in [1.807, 2.05) is 52.9 Å². The third kappa shape index (κ3) is 5.48. The van der Waals surface area contributed by atoms with E-state index in [1.165, 1.54) is 12.1 Å². The highest BCUT2D eigenvalue weighted by Crippen LogP contribution is 2.35. The zero-order chi connectivity index (χ0) is 27.1. The van der Waals surface area contributed by atoms with Crippen LogP contribution < -0.4 is 0 Å². The summed E-state index contributed by atoms with van der Waals surface area (Å²) in [5.74, 6) is 0.219. The van der Waals surface area contributed by atoms with Crippen LogP contribution in [0.5, 0.6) is 0 Å². The highest BCUT2D eigenvalue weighted by atomic mass is 19.1. The quantitative estimate of drug-likeness (QED) is 0.421. The summed E-state index contributed by atoms with van der Waals surface area (Å²) in [6.07, 6.45) is 2.30. The van der Waals surface area contributed by atoms with Crippen LogP contribution in [-0.4, -0.2) is 62.5 Å². The van der Waals surface area contributed by atoms with Crippen molar-refractivity contribution in [3.63, 3.8) is 0 Å². The monoisotopic (exact) mass is 508 g/mol. The lowest BCUT2D eigenvalue weighted by Crippen LogP contribution is -2.37. The lowest BCUT2D eigenvalue weighted by molar-refractivity contribution is 0.0292. The lowest BCUT2D eigenvalue weighted by Gasteiger charge is -2.26. The van der Waals surface area contributed by atoms with Gasteiger partial charge in [0.1, 0.15) is 17.2 Å². The van der Waals surface area contributed by atoms with E-state index in [0.717, 1.165) is 29.0 Å². The van der Waals surface area contributed by atoms with E-state index < -0.39 is 11.4 Å². The van der Waals surface area contributed by atoms with E-state index in [0.29, 0.717) is 30.8 Å². The highest BCUT2D eigenvalue weighted by molar-refractivity contribution is 6.01. The van der Waals surface area contributed by atoms with Gasteiger partial charge in [-0.1, -0.05) is 0 Å². The maximum Gasteiger partial charge on any atom is 0.410 e. The molecule has 1 aliphatic heterocycles. The van der Waals surface area contributed by atoms with E-state index in [-0.39, 0.29) is 24.0 Å². The summed E-state index contributed by atoms with van der Waals surface area (Å²) >= 11 is 0. The van der Waals surface area contributed by atoms with Crippen molar-refractivity contribution in [2.24, 2.45) is 0 Å². The van der Waals surface area contributed by atoms with Crippen molar-refractivity contribution in [1.29, 1.82) is 0 Å². The van der Waals surface area contributed by atoms with Crippen molar-refractivity contribution < 1.29 is 18.7 Å². The van der Waals surface area contributed by atoms with Crippen molar-refractivity contribution in [1.82, 2.24) is 19.2 Å². The van der Waals surface area contributed by atoms with Crippen molar-refractivity contribution in [2.45, 2.75) is 72.4 Å². The molecule has 0 N–H and O–H groups in total. The van der Waals surface area contributed by atoms with Gasteiger partial charge in [-0.05, 0) is 90.8 Å². The lowest BCUT2D eigenvalue weighted by atomic mass is 9.94. The predicted molar refractivity (Wildman–Crippen MR) is 142 cm³/mol. The first-order valence-corrected chi connectivity index (χ1v) is 13.0. The second-order valence-electron chi connectivity index (χ2n) is 11.0. The molecule has 1 aromatic carbocycles. The van der Waals surface area contributed by atoms with Gasteiger partial charge in [0.2, 0.25) is 0 Å². The number of hydrogen-bond acceptors (Lipinski definition) is 4. The van der Waals surface area contributed by atoms with E-state index in [4.69, 9.17) is 4.74 Å². The number of hydrogen-bond donors (Lipinski definition) is 0. The third-order valence-electron chi connectivity index (χ3n) is 6.85. The fourth-order valence-corrected chi connectivity index (χ4v) is 5.09. The molecule has 198 valence electrons. The molecule has 0 spiro atoms. The third-order valence-corrected chi connectivity index (χ3v) is 6.85. The average molecular weight is 509 g/mol. The number of nitrogens with zero attached hydrogens (tertiary/aromatic N) is 4. The van der Waals surface area contributed by atoms with Crippen LogP contribution in [0.2, 0.25) is 0 Å². The Morgan fingerprint density at radius 1 is 1.22 bits per heavy atom. The van der Waals surface area contributed by atoms with Gasteiger partial charge in [0.25, 0.3) is 5.91 Å². The number of likely N-dealkylation sites (tertiary alicyclic amines) is 1. The summed E-state index contributed by atoms with van der Waals surface area (Å²) in [5.41, 5.74) is 3.14. The van der Waals surface area contributed by atoms with E-state index in [9.17, 15) is 14.0 Å². The number of benzene rings is 1. The topological polar surface area (TPSA) is 67.2 Å². The minimum atomic E-state index is -0.551. The number of carbonyl (C=O) groups is 2. The Labute approximate surface area is 218 Å². The van der Waals surface area contributed by atoms with Crippen LogP contribution in [0.4, 0.5) is 9.18 Å². The number of rotatable bonds is 5.